The predicted octanol–water partition coefficient (Wildman–Crippen LogP) is 3.11. The van der Waals surface area contributed by atoms with Gasteiger partial charge in [0.15, 0.2) is 6.29 Å². The molecule has 0 unspecified atom stereocenters. The maximum atomic E-state index is 9.64. The van der Waals surface area contributed by atoms with Crippen LogP contribution in [0.3, 0.4) is 0 Å². The zero-order chi connectivity index (χ0) is 12.9. The van der Waals surface area contributed by atoms with Gasteiger partial charge in [0, 0.05) is 6.42 Å². The molecule has 0 saturated carbocycles. The van der Waals surface area contributed by atoms with Crippen molar-refractivity contribution in [2.24, 2.45) is 5.92 Å². The average Bonchev–Trinajstić information content (AvgIpc) is 2.15. The van der Waals surface area contributed by atoms with E-state index < -0.39 is 5.60 Å². The van der Waals surface area contributed by atoms with Gasteiger partial charge in [-0.15, -0.1) is 0 Å². The molecule has 0 aliphatic carbocycles. The Morgan fingerprint density at radius 3 is 2.71 bits per heavy atom. The smallest absolute Gasteiger partial charge is 0.158 e. The SMILES string of the molecule is C[C@H](CCCC(C)(C)O)C[C@H]1OCC[C@@H](C)O1. The molecule has 1 aliphatic rings. The molecular formula is C14H28O3. The third-order valence-corrected chi connectivity index (χ3v) is 3.29. The summed E-state index contributed by atoms with van der Waals surface area (Å²) in [7, 11) is 0. The summed E-state index contributed by atoms with van der Waals surface area (Å²) in [6.45, 7) is 8.90. The molecule has 0 aromatic rings. The van der Waals surface area contributed by atoms with E-state index in [1.807, 2.05) is 13.8 Å². The monoisotopic (exact) mass is 244 g/mol. The topological polar surface area (TPSA) is 38.7 Å². The van der Waals surface area contributed by atoms with Crippen molar-refractivity contribution >= 4 is 0 Å². The molecule has 3 heteroatoms. The summed E-state index contributed by atoms with van der Waals surface area (Å²) < 4.78 is 11.3. The summed E-state index contributed by atoms with van der Waals surface area (Å²) >= 11 is 0. The molecule has 17 heavy (non-hydrogen) atoms. The van der Waals surface area contributed by atoms with Crippen LogP contribution in [0.1, 0.15) is 59.8 Å². The van der Waals surface area contributed by atoms with Crippen molar-refractivity contribution in [3.05, 3.63) is 0 Å². The van der Waals surface area contributed by atoms with E-state index in [-0.39, 0.29) is 6.29 Å². The van der Waals surface area contributed by atoms with Crippen molar-refractivity contribution in [1.29, 1.82) is 0 Å². The minimum absolute atomic E-state index is 0.0177. The summed E-state index contributed by atoms with van der Waals surface area (Å²) in [6, 6.07) is 0. The van der Waals surface area contributed by atoms with Crippen LogP contribution in [-0.2, 0) is 9.47 Å². The van der Waals surface area contributed by atoms with Gasteiger partial charge < -0.3 is 14.6 Å². The lowest BCUT2D eigenvalue weighted by Crippen LogP contribution is -2.31. The van der Waals surface area contributed by atoms with Crippen LogP contribution in [0, 0.1) is 5.92 Å². The van der Waals surface area contributed by atoms with Crippen LogP contribution in [0.25, 0.3) is 0 Å². The normalized spacial score (nSPS) is 28.1. The first-order valence-electron chi connectivity index (χ1n) is 6.86. The highest BCUT2D eigenvalue weighted by Gasteiger charge is 2.22. The van der Waals surface area contributed by atoms with E-state index in [1.165, 1.54) is 0 Å². The predicted molar refractivity (Wildman–Crippen MR) is 68.8 cm³/mol. The number of rotatable bonds is 6. The second-order valence-electron chi connectivity index (χ2n) is 6.08. The number of hydrogen-bond acceptors (Lipinski definition) is 3. The summed E-state index contributed by atoms with van der Waals surface area (Å²) in [6.07, 6.45) is 5.34. The summed E-state index contributed by atoms with van der Waals surface area (Å²) in [4.78, 5) is 0. The second kappa shape index (κ2) is 6.72. The van der Waals surface area contributed by atoms with Gasteiger partial charge >= 0.3 is 0 Å². The number of ether oxygens (including phenoxy) is 2. The van der Waals surface area contributed by atoms with Gasteiger partial charge in [-0.3, -0.25) is 0 Å². The van der Waals surface area contributed by atoms with Crippen LogP contribution in [-0.4, -0.2) is 29.7 Å². The summed E-state index contributed by atoms with van der Waals surface area (Å²) in [5.41, 5.74) is -0.536. The maximum Gasteiger partial charge on any atom is 0.158 e. The van der Waals surface area contributed by atoms with E-state index in [9.17, 15) is 5.11 Å². The Hall–Kier alpha value is -0.120. The maximum absolute atomic E-state index is 9.64. The van der Waals surface area contributed by atoms with Gasteiger partial charge in [0.05, 0.1) is 18.3 Å². The van der Waals surface area contributed by atoms with E-state index >= 15 is 0 Å². The average molecular weight is 244 g/mol. The van der Waals surface area contributed by atoms with Gasteiger partial charge in [-0.25, -0.2) is 0 Å². The van der Waals surface area contributed by atoms with Crippen molar-refractivity contribution in [2.75, 3.05) is 6.61 Å². The Kier molecular flexibility index (Phi) is 5.90. The van der Waals surface area contributed by atoms with Crippen LogP contribution < -0.4 is 0 Å². The molecule has 1 heterocycles. The zero-order valence-electron chi connectivity index (χ0n) is 11.7. The number of hydrogen-bond donors (Lipinski definition) is 1. The van der Waals surface area contributed by atoms with Crippen molar-refractivity contribution in [1.82, 2.24) is 0 Å². The lowest BCUT2D eigenvalue weighted by molar-refractivity contribution is -0.214. The van der Waals surface area contributed by atoms with Crippen molar-refractivity contribution in [3.8, 4) is 0 Å². The van der Waals surface area contributed by atoms with E-state index in [1.54, 1.807) is 0 Å². The van der Waals surface area contributed by atoms with Gasteiger partial charge in [-0.2, -0.15) is 0 Å². The first-order valence-corrected chi connectivity index (χ1v) is 6.86. The molecule has 3 nitrogen and oxygen atoms in total. The molecule has 3 atom stereocenters. The van der Waals surface area contributed by atoms with Crippen molar-refractivity contribution in [2.45, 2.75) is 77.8 Å². The molecule has 0 bridgehead atoms. The molecular weight excluding hydrogens is 216 g/mol. The molecule has 0 aromatic carbocycles. The Morgan fingerprint density at radius 2 is 2.12 bits per heavy atom. The lowest BCUT2D eigenvalue weighted by Gasteiger charge is -2.30. The Balaban J connectivity index is 2.13. The van der Waals surface area contributed by atoms with Gasteiger partial charge in [0.1, 0.15) is 0 Å². The summed E-state index contributed by atoms with van der Waals surface area (Å²) in [5, 5.41) is 9.64. The quantitative estimate of drug-likeness (QED) is 0.780. The van der Waals surface area contributed by atoms with Crippen LogP contribution in [0.5, 0.6) is 0 Å². The molecule has 1 saturated heterocycles. The Morgan fingerprint density at radius 1 is 1.41 bits per heavy atom. The van der Waals surface area contributed by atoms with Gasteiger partial charge in [0.25, 0.3) is 0 Å². The van der Waals surface area contributed by atoms with Gasteiger partial charge in [0.2, 0.25) is 0 Å². The van der Waals surface area contributed by atoms with E-state index in [4.69, 9.17) is 9.47 Å². The van der Waals surface area contributed by atoms with Crippen LogP contribution >= 0.6 is 0 Å². The third-order valence-electron chi connectivity index (χ3n) is 3.29. The highest BCUT2D eigenvalue weighted by atomic mass is 16.7. The fourth-order valence-electron chi connectivity index (χ4n) is 2.18. The number of aliphatic hydroxyl groups is 1. The van der Waals surface area contributed by atoms with E-state index in [2.05, 4.69) is 13.8 Å². The fraction of sp³-hybridized carbons (Fsp3) is 1.00. The molecule has 0 aromatic heterocycles. The molecule has 1 fully saturated rings. The van der Waals surface area contributed by atoms with Crippen LogP contribution in [0.15, 0.2) is 0 Å². The van der Waals surface area contributed by atoms with Crippen LogP contribution in [0.2, 0.25) is 0 Å². The highest BCUT2D eigenvalue weighted by molar-refractivity contribution is 4.67. The fourth-order valence-corrected chi connectivity index (χ4v) is 2.18. The molecule has 0 radical (unpaired) electrons. The minimum Gasteiger partial charge on any atom is -0.390 e. The van der Waals surface area contributed by atoms with Crippen molar-refractivity contribution in [3.63, 3.8) is 0 Å². The Labute approximate surface area is 105 Å². The molecule has 0 spiro atoms. The van der Waals surface area contributed by atoms with Crippen LogP contribution in [0.4, 0.5) is 0 Å². The Bertz CT molecular complexity index is 210. The molecule has 1 rings (SSSR count). The first-order chi connectivity index (χ1) is 7.87. The largest absolute Gasteiger partial charge is 0.390 e. The highest BCUT2D eigenvalue weighted by Crippen LogP contribution is 2.23. The summed E-state index contributed by atoms with van der Waals surface area (Å²) in [5.74, 6) is 0.590. The van der Waals surface area contributed by atoms with Gasteiger partial charge in [-0.1, -0.05) is 19.8 Å². The standard InChI is InChI=1S/C14H28O3/c1-11(6-5-8-14(3,4)15)10-13-16-9-7-12(2)17-13/h11-13,15H,5-10H2,1-4H3/t11-,12-,13+/m1/s1. The van der Waals surface area contributed by atoms with Crippen molar-refractivity contribution < 1.29 is 14.6 Å². The van der Waals surface area contributed by atoms with E-state index in [0.717, 1.165) is 38.7 Å². The molecule has 0 amide bonds. The zero-order valence-corrected chi connectivity index (χ0v) is 11.7. The lowest BCUT2D eigenvalue weighted by atomic mass is 9.95. The van der Waals surface area contributed by atoms with Gasteiger partial charge in [-0.05, 0) is 39.5 Å². The first kappa shape index (κ1) is 14.9. The molecule has 1 aliphatic heterocycles. The third kappa shape index (κ3) is 7.02. The minimum atomic E-state index is -0.536. The molecule has 1 N–H and O–H groups in total. The second-order valence-corrected chi connectivity index (χ2v) is 6.08. The van der Waals surface area contributed by atoms with E-state index in [0.29, 0.717) is 12.0 Å². The molecule has 102 valence electrons.